The van der Waals surface area contributed by atoms with Gasteiger partial charge in [-0.3, -0.25) is 0 Å². The van der Waals surface area contributed by atoms with E-state index in [1.807, 2.05) is 6.20 Å². The molecule has 0 spiro atoms. The first-order chi connectivity index (χ1) is 9.29. The molecule has 0 radical (unpaired) electrons. The lowest BCUT2D eigenvalue weighted by atomic mass is 10.2. The van der Waals surface area contributed by atoms with Gasteiger partial charge in [0.05, 0.1) is 6.61 Å². The van der Waals surface area contributed by atoms with Gasteiger partial charge in [-0.15, -0.1) is 10.2 Å². The first-order valence-electron chi connectivity index (χ1n) is 5.89. The molecule has 0 aromatic carbocycles. The third-order valence-electron chi connectivity index (χ3n) is 2.42. The molecule has 0 bridgehead atoms. The number of ether oxygens (including phenoxy) is 1. The molecule has 19 heavy (non-hydrogen) atoms. The first kappa shape index (κ1) is 14.4. The number of methoxy groups -OCH3 is 1. The molecule has 7 heteroatoms. The molecule has 0 aliphatic heterocycles. The van der Waals surface area contributed by atoms with Gasteiger partial charge in [-0.1, -0.05) is 17.4 Å². The van der Waals surface area contributed by atoms with E-state index in [2.05, 4.69) is 33.5 Å². The summed E-state index contributed by atoms with van der Waals surface area (Å²) in [7, 11) is 1.70. The Morgan fingerprint density at radius 1 is 1.47 bits per heavy atom. The molecule has 2 heterocycles. The second-order valence-electron chi connectivity index (χ2n) is 3.94. The van der Waals surface area contributed by atoms with Crippen LogP contribution in [-0.2, 0) is 11.3 Å². The van der Waals surface area contributed by atoms with Gasteiger partial charge in [-0.05, 0) is 29.8 Å². The van der Waals surface area contributed by atoms with Crippen LogP contribution in [0.25, 0.3) is 0 Å². The van der Waals surface area contributed by atoms with Crippen LogP contribution in [0.2, 0.25) is 0 Å². The summed E-state index contributed by atoms with van der Waals surface area (Å²) in [6.07, 6.45) is 1.90. The first-order valence-corrected chi connectivity index (χ1v) is 7.58. The summed E-state index contributed by atoms with van der Waals surface area (Å²) in [5.74, 6) is 0. The Balaban J connectivity index is 1.93. The van der Waals surface area contributed by atoms with Gasteiger partial charge in [-0.2, -0.15) is 0 Å². The Labute approximate surface area is 120 Å². The molecule has 5 nitrogen and oxygen atoms in total. The Morgan fingerprint density at radius 3 is 3.05 bits per heavy atom. The number of rotatable bonds is 7. The van der Waals surface area contributed by atoms with Gasteiger partial charge >= 0.3 is 0 Å². The van der Waals surface area contributed by atoms with E-state index in [0.717, 1.165) is 34.6 Å². The maximum absolute atomic E-state index is 4.99. The van der Waals surface area contributed by atoms with Crippen molar-refractivity contribution in [1.29, 1.82) is 0 Å². The highest BCUT2D eigenvalue weighted by Gasteiger charge is 2.06. The molecule has 1 N–H and O–H groups in total. The molecule has 2 aromatic heterocycles. The summed E-state index contributed by atoms with van der Waals surface area (Å²) in [4.78, 5) is 4.48. The van der Waals surface area contributed by atoms with E-state index in [-0.39, 0.29) is 0 Å². The van der Waals surface area contributed by atoms with E-state index < -0.39 is 0 Å². The average molecular weight is 296 g/mol. The zero-order valence-electron chi connectivity index (χ0n) is 10.9. The van der Waals surface area contributed by atoms with Crippen molar-refractivity contribution in [2.75, 3.05) is 20.3 Å². The van der Waals surface area contributed by atoms with E-state index in [9.17, 15) is 0 Å². The topological polar surface area (TPSA) is 59.9 Å². The van der Waals surface area contributed by atoms with Crippen LogP contribution in [0.5, 0.6) is 0 Å². The minimum atomic E-state index is 0.720. The highest BCUT2D eigenvalue weighted by Crippen LogP contribution is 2.29. The van der Waals surface area contributed by atoms with Gasteiger partial charge in [0.25, 0.3) is 0 Å². The van der Waals surface area contributed by atoms with Crippen molar-refractivity contribution >= 4 is 23.1 Å². The molecule has 102 valence electrons. The van der Waals surface area contributed by atoms with E-state index in [0.29, 0.717) is 0 Å². The molecule has 0 amide bonds. The monoisotopic (exact) mass is 296 g/mol. The van der Waals surface area contributed by atoms with Crippen molar-refractivity contribution in [2.45, 2.75) is 22.8 Å². The van der Waals surface area contributed by atoms with E-state index >= 15 is 0 Å². The van der Waals surface area contributed by atoms with Crippen molar-refractivity contribution in [1.82, 2.24) is 20.5 Å². The van der Waals surface area contributed by atoms with Gasteiger partial charge in [0, 0.05) is 26.4 Å². The van der Waals surface area contributed by atoms with E-state index in [1.165, 1.54) is 16.9 Å². The molecule has 0 fully saturated rings. The molecule has 0 saturated heterocycles. The number of aromatic nitrogens is 3. The SMILES string of the molecule is COCCNCc1cnc(Sc2nncs2)c(C)c1. The van der Waals surface area contributed by atoms with Gasteiger partial charge < -0.3 is 10.1 Å². The number of nitrogens with zero attached hydrogens (tertiary/aromatic N) is 3. The Kier molecular flexibility index (Phi) is 5.71. The molecule has 0 aliphatic rings. The van der Waals surface area contributed by atoms with Crippen LogP contribution in [0.3, 0.4) is 0 Å². The number of hydrogen-bond donors (Lipinski definition) is 1. The molecule has 0 unspecified atom stereocenters. The van der Waals surface area contributed by atoms with Crippen molar-refractivity contribution < 1.29 is 4.74 Å². The largest absolute Gasteiger partial charge is 0.383 e. The predicted molar refractivity (Wildman–Crippen MR) is 76.6 cm³/mol. The average Bonchev–Trinajstić information content (AvgIpc) is 2.91. The Bertz CT molecular complexity index is 504. The quantitative estimate of drug-likeness (QED) is 0.790. The van der Waals surface area contributed by atoms with Crippen molar-refractivity contribution in [3.8, 4) is 0 Å². The van der Waals surface area contributed by atoms with Crippen LogP contribution in [0, 0.1) is 6.92 Å². The van der Waals surface area contributed by atoms with Crippen molar-refractivity contribution in [3.63, 3.8) is 0 Å². The summed E-state index contributed by atoms with van der Waals surface area (Å²) in [6.45, 7) is 4.43. The fourth-order valence-electron chi connectivity index (χ4n) is 1.52. The van der Waals surface area contributed by atoms with Gasteiger partial charge in [0.2, 0.25) is 0 Å². The lowest BCUT2D eigenvalue weighted by Crippen LogP contribution is -2.18. The minimum absolute atomic E-state index is 0.720. The third-order valence-corrected chi connectivity index (χ3v) is 4.32. The molecule has 0 atom stereocenters. The second-order valence-corrected chi connectivity index (χ2v) is 6.01. The third kappa shape index (κ3) is 4.54. The standard InChI is InChI=1S/C12H16N4OS2/c1-9-5-10(6-13-3-4-17-2)7-14-11(9)19-12-16-15-8-18-12/h5,7-8,13H,3-4,6H2,1-2H3. The van der Waals surface area contributed by atoms with Gasteiger partial charge in [-0.25, -0.2) is 4.98 Å². The lowest BCUT2D eigenvalue weighted by molar-refractivity contribution is 0.199. The normalized spacial score (nSPS) is 10.8. The van der Waals surface area contributed by atoms with Crippen LogP contribution >= 0.6 is 23.1 Å². The molecular weight excluding hydrogens is 280 g/mol. The number of pyridine rings is 1. The smallest absolute Gasteiger partial charge is 0.180 e. The highest BCUT2D eigenvalue weighted by molar-refractivity contribution is 8.01. The molecule has 2 aromatic rings. The number of nitrogens with one attached hydrogen (secondary N) is 1. The number of hydrogen-bond acceptors (Lipinski definition) is 7. The molecule has 0 saturated carbocycles. The second kappa shape index (κ2) is 7.54. The van der Waals surface area contributed by atoms with Crippen LogP contribution in [0.15, 0.2) is 27.1 Å². The van der Waals surface area contributed by atoms with Crippen LogP contribution in [0.1, 0.15) is 11.1 Å². The lowest BCUT2D eigenvalue weighted by Gasteiger charge is -2.07. The van der Waals surface area contributed by atoms with Crippen LogP contribution in [-0.4, -0.2) is 35.4 Å². The maximum atomic E-state index is 4.99. The zero-order valence-corrected chi connectivity index (χ0v) is 12.6. The minimum Gasteiger partial charge on any atom is -0.383 e. The summed E-state index contributed by atoms with van der Waals surface area (Å²) in [5, 5.41) is 12.1. The fraction of sp³-hybridized carbons (Fsp3) is 0.417. The Morgan fingerprint density at radius 2 is 2.37 bits per heavy atom. The zero-order chi connectivity index (χ0) is 13.5. The number of aryl methyl sites for hydroxylation is 1. The van der Waals surface area contributed by atoms with Crippen molar-refractivity contribution in [2.24, 2.45) is 0 Å². The summed E-state index contributed by atoms with van der Waals surface area (Å²) in [6, 6.07) is 2.15. The van der Waals surface area contributed by atoms with Crippen molar-refractivity contribution in [3.05, 3.63) is 28.9 Å². The Hall–Kier alpha value is -1.02. The maximum Gasteiger partial charge on any atom is 0.180 e. The molecule has 0 aliphatic carbocycles. The van der Waals surface area contributed by atoms with Crippen LogP contribution < -0.4 is 5.32 Å². The molecular formula is C12H16N4OS2. The van der Waals surface area contributed by atoms with Crippen LogP contribution in [0.4, 0.5) is 0 Å². The van der Waals surface area contributed by atoms with E-state index in [1.54, 1.807) is 24.4 Å². The predicted octanol–water partition coefficient (Wildman–Crippen LogP) is 2.13. The summed E-state index contributed by atoms with van der Waals surface area (Å²) < 4.78 is 5.91. The summed E-state index contributed by atoms with van der Waals surface area (Å²) in [5.41, 5.74) is 4.06. The highest BCUT2D eigenvalue weighted by atomic mass is 32.2. The van der Waals surface area contributed by atoms with Gasteiger partial charge in [0.1, 0.15) is 10.5 Å². The fourth-order valence-corrected chi connectivity index (χ4v) is 2.94. The van der Waals surface area contributed by atoms with Gasteiger partial charge in [0.15, 0.2) is 4.34 Å². The summed E-state index contributed by atoms with van der Waals surface area (Å²) >= 11 is 3.08. The van der Waals surface area contributed by atoms with E-state index in [4.69, 9.17) is 4.74 Å². The molecule has 2 rings (SSSR count).